The van der Waals surface area contributed by atoms with E-state index in [0.717, 1.165) is 12.8 Å². The summed E-state index contributed by atoms with van der Waals surface area (Å²) in [5, 5.41) is 8.99. The molecule has 0 unspecified atom stereocenters. The van der Waals surface area contributed by atoms with Crippen LogP contribution in [0.5, 0.6) is 0 Å². The predicted molar refractivity (Wildman–Crippen MR) is 86.0 cm³/mol. The van der Waals surface area contributed by atoms with Crippen LogP contribution in [-0.4, -0.2) is 45.6 Å². The number of fused-ring (bicyclic) bond motifs is 1. The lowest BCUT2D eigenvalue weighted by Gasteiger charge is -2.22. The van der Waals surface area contributed by atoms with Gasteiger partial charge in [-0.05, 0) is 37.2 Å². The van der Waals surface area contributed by atoms with E-state index in [0.29, 0.717) is 35.3 Å². The number of benzene rings is 1. The van der Waals surface area contributed by atoms with Gasteiger partial charge in [-0.15, -0.1) is 0 Å². The molecule has 3 N–H and O–H groups in total. The second kappa shape index (κ2) is 7.51. The molecule has 0 bridgehead atoms. The van der Waals surface area contributed by atoms with Gasteiger partial charge in [-0.1, -0.05) is 13.3 Å². The standard InChI is InChI=1S/C15H20FN3O2S/c1-2-3-5-19(6-4-7-20)14(21)11-8-10(16)9-12-13(11)18-15(22)17-12/h8-9,20H,2-7H2,1H3,(H2,17,18,22). The summed E-state index contributed by atoms with van der Waals surface area (Å²) in [4.78, 5) is 20.1. The number of aromatic amines is 2. The Morgan fingerprint density at radius 2 is 2.05 bits per heavy atom. The number of nitrogens with zero attached hydrogens (tertiary/aromatic N) is 1. The van der Waals surface area contributed by atoms with Gasteiger partial charge in [0.05, 0.1) is 16.6 Å². The smallest absolute Gasteiger partial charge is 0.256 e. The summed E-state index contributed by atoms with van der Waals surface area (Å²) in [7, 11) is 0. The first kappa shape index (κ1) is 16.6. The van der Waals surface area contributed by atoms with Crippen molar-refractivity contribution in [3.05, 3.63) is 28.3 Å². The third-order valence-corrected chi connectivity index (χ3v) is 3.68. The summed E-state index contributed by atoms with van der Waals surface area (Å²) in [6, 6.07) is 2.53. The first-order valence-electron chi connectivity index (χ1n) is 7.38. The zero-order valence-electron chi connectivity index (χ0n) is 12.5. The Hall–Kier alpha value is -1.73. The molecule has 120 valence electrons. The van der Waals surface area contributed by atoms with Crippen molar-refractivity contribution < 1.29 is 14.3 Å². The average molecular weight is 325 g/mol. The van der Waals surface area contributed by atoms with Crippen molar-refractivity contribution >= 4 is 29.2 Å². The maximum Gasteiger partial charge on any atom is 0.256 e. The number of aromatic nitrogens is 2. The lowest BCUT2D eigenvalue weighted by atomic mass is 10.1. The Bertz CT molecular complexity index is 702. The van der Waals surface area contributed by atoms with Gasteiger partial charge in [0, 0.05) is 19.7 Å². The third-order valence-electron chi connectivity index (χ3n) is 3.48. The van der Waals surface area contributed by atoms with Gasteiger partial charge < -0.3 is 20.0 Å². The maximum atomic E-state index is 13.8. The molecule has 7 heteroatoms. The van der Waals surface area contributed by atoms with Crippen LogP contribution in [0.2, 0.25) is 0 Å². The normalized spacial score (nSPS) is 11.0. The topological polar surface area (TPSA) is 72.1 Å². The van der Waals surface area contributed by atoms with Gasteiger partial charge in [0.25, 0.3) is 5.91 Å². The number of hydrogen-bond acceptors (Lipinski definition) is 3. The monoisotopic (exact) mass is 325 g/mol. The molecule has 2 aromatic rings. The van der Waals surface area contributed by atoms with E-state index in [1.54, 1.807) is 4.90 Å². The van der Waals surface area contributed by atoms with Crippen molar-refractivity contribution in [2.75, 3.05) is 19.7 Å². The number of aliphatic hydroxyl groups is 1. The van der Waals surface area contributed by atoms with E-state index >= 15 is 0 Å². The predicted octanol–water partition coefficient (Wildman–Crippen LogP) is 2.99. The molecule has 0 aliphatic carbocycles. The Morgan fingerprint density at radius 3 is 2.73 bits per heavy atom. The number of nitrogens with one attached hydrogen (secondary N) is 2. The van der Waals surface area contributed by atoms with Crippen LogP contribution in [0.4, 0.5) is 4.39 Å². The number of amides is 1. The van der Waals surface area contributed by atoms with Gasteiger partial charge in [-0.2, -0.15) is 0 Å². The Kier molecular flexibility index (Phi) is 5.68. The maximum absolute atomic E-state index is 13.8. The molecule has 0 atom stereocenters. The second-order valence-electron chi connectivity index (χ2n) is 5.18. The highest BCUT2D eigenvalue weighted by molar-refractivity contribution is 7.71. The fourth-order valence-corrected chi connectivity index (χ4v) is 2.58. The van der Waals surface area contributed by atoms with Crippen molar-refractivity contribution in [2.24, 2.45) is 0 Å². The van der Waals surface area contributed by atoms with Crippen LogP contribution in [-0.2, 0) is 0 Å². The van der Waals surface area contributed by atoms with Gasteiger partial charge in [0.1, 0.15) is 5.82 Å². The molecule has 0 saturated carbocycles. The molecule has 0 spiro atoms. The molecule has 0 fully saturated rings. The molecule has 22 heavy (non-hydrogen) atoms. The Balaban J connectivity index is 2.38. The van der Waals surface area contributed by atoms with Gasteiger partial charge in [-0.3, -0.25) is 4.79 Å². The Morgan fingerprint density at radius 1 is 1.32 bits per heavy atom. The molecule has 2 rings (SSSR count). The third kappa shape index (κ3) is 3.72. The summed E-state index contributed by atoms with van der Waals surface area (Å²) in [5.41, 5.74) is 1.25. The summed E-state index contributed by atoms with van der Waals surface area (Å²) in [6.07, 6.45) is 2.31. The van der Waals surface area contributed by atoms with Crippen molar-refractivity contribution in [2.45, 2.75) is 26.2 Å². The van der Waals surface area contributed by atoms with E-state index in [9.17, 15) is 9.18 Å². The second-order valence-corrected chi connectivity index (χ2v) is 5.59. The van der Waals surface area contributed by atoms with E-state index in [1.807, 2.05) is 6.92 Å². The number of H-pyrrole nitrogens is 2. The molecule has 0 aliphatic rings. The van der Waals surface area contributed by atoms with Gasteiger partial charge >= 0.3 is 0 Å². The van der Waals surface area contributed by atoms with E-state index in [2.05, 4.69) is 9.97 Å². The Labute approximate surface area is 133 Å². The van der Waals surface area contributed by atoms with E-state index < -0.39 is 5.82 Å². The van der Waals surface area contributed by atoms with Crippen molar-refractivity contribution in [1.82, 2.24) is 14.9 Å². The minimum Gasteiger partial charge on any atom is -0.396 e. The summed E-state index contributed by atoms with van der Waals surface area (Å²) < 4.78 is 14.1. The van der Waals surface area contributed by atoms with Crippen molar-refractivity contribution in [3.63, 3.8) is 0 Å². The summed E-state index contributed by atoms with van der Waals surface area (Å²) in [5.74, 6) is -0.740. The number of hydrogen-bond donors (Lipinski definition) is 3. The molecule has 1 heterocycles. The van der Waals surface area contributed by atoms with E-state index in [-0.39, 0.29) is 18.1 Å². The molecule has 1 aromatic carbocycles. The van der Waals surface area contributed by atoms with E-state index in [4.69, 9.17) is 17.3 Å². The molecule has 1 amide bonds. The number of carbonyl (C=O) groups excluding carboxylic acids is 1. The van der Waals surface area contributed by atoms with Crippen LogP contribution in [0.15, 0.2) is 12.1 Å². The molecular weight excluding hydrogens is 305 g/mol. The average Bonchev–Trinajstić information content (AvgIpc) is 2.86. The van der Waals surface area contributed by atoms with Crippen molar-refractivity contribution in [1.29, 1.82) is 0 Å². The molecule has 1 aromatic heterocycles. The van der Waals surface area contributed by atoms with Crippen LogP contribution in [0.3, 0.4) is 0 Å². The number of halogens is 1. The van der Waals surface area contributed by atoms with Crippen molar-refractivity contribution in [3.8, 4) is 0 Å². The first-order chi connectivity index (χ1) is 10.6. The van der Waals surface area contributed by atoms with Crippen LogP contribution in [0.1, 0.15) is 36.5 Å². The largest absolute Gasteiger partial charge is 0.396 e. The van der Waals surface area contributed by atoms with Crippen LogP contribution in [0, 0.1) is 10.6 Å². The molecular formula is C15H20FN3O2S. The highest BCUT2D eigenvalue weighted by atomic mass is 32.1. The number of unbranched alkanes of at least 4 members (excludes halogenated alkanes) is 1. The van der Waals surface area contributed by atoms with Gasteiger partial charge in [0.2, 0.25) is 0 Å². The van der Waals surface area contributed by atoms with Crippen LogP contribution >= 0.6 is 12.2 Å². The fourth-order valence-electron chi connectivity index (χ4n) is 2.37. The first-order valence-corrected chi connectivity index (χ1v) is 7.79. The van der Waals surface area contributed by atoms with Crippen LogP contribution < -0.4 is 0 Å². The number of aliphatic hydroxyl groups excluding tert-OH is 1. The van der Waals surface area contributed by atoms with E-state index in [1.165, 1.54) is 12.1 Å². The van der Waals surface area contributed by atoms with Gasteiger partial charge in [-0.25, -0.2) is 4.39 Å². The highest BCUT2D eigenvalue weighted by Gasteiger charge is 2.19. The van der Waals surface area contributed by atoms with Gasteiger partial charge in [0.15, 0.2) is 4.77 Å². The number of rotatable bonds is 7. The molecule has 5 nitrogen and oxygen atoms in total. The fraction of sp³-hybridized carbons (Fsp3) is 0.467. The lowest BCUT2D eigenvalue weighted by molar-refractivity contribution is 0.0744. The van der Waals surface area contributed by atoms with Crippen LogP contribution in [0.25, 0.3) is 11.0 Å². The zero-order valence-corrected chi connectivity index (χ0v) is 13.3. The molecule has 0 saturated heterocycles. The molecule has 0 radical (unpaired) electrons. The zero-order chi connectivity index (χ0) is 16.1. The number of imidazole rings is 1. The number of carbonyl (C=O) groups is 1. The minimum absolute atomic E-state index is 0.0149. The summed E-state index contributed by atoms with van der Waals surface area (Å²) in [6.45, 7) is 3.08. The minimum atomic E-state index is -0.487. The SMILES string of the molecule is CCCCN(CCCO)C(=O)c1cc(F)cc2[nH]c(=S)[nH]c12. The highest BCUT2D eigenvalue weighted by Crippen LogP contribution is 2.20. The summed E-state index contributed by atoms with van der Waals surface area (Å²) >= 11 is 5.02. The lowest BCUT2D eigenvalue weighted by Crippen LogP contribution is -2.33. The quantitative estimate of drug-likeness (QED) is 0.685. The molecule has 0 aliphatic heterocycles.